The van der Waals surface area contributed by atoms with E-state index < -0.39 is 53.3 Å². The van der Waals surface area contributed by atoms with Crippen molar-refractivity contribution >= 4 is 11.6 Å². The van der Waals surface area contributed by atoms with Gasteiger partial charge in [-0.2, -0.15) is 0 Å². The summed E-state index contributed by atoms with van der Waals surface area (Å²) < 4.78 is 17.9. The minimum atomic E-state index is -1.29. The molecule has 2 aromatic carbocycles. The molecule has 6 rings (SSSR count). The van der Waals surface area contributed by atoms with Gasteiger partial charge in [-0.05, 0) is 13.3 Å². The average molecular weight is 554 g/mol. The number of fused-ring (bicyclic) bond motifs is 3. The molecular formula is C30H35NO9. The highest BCUT2D eigenvalue weighted by atomic mass is 16.7. The number of ketones is 2. The van der Waals surface area contributed by atoms with E-state index >= 15 is 0 Å². The van der Waals surface area contributed by atoms with Gasteiger partial charge >= 0.3 is 0 Å². The molecule has 2 heterocycles. The number of ether oxygens (including phenoxy) is 3. The van der Waals surface area contributed by atoms with Crippen LogP contribution in [0.3, 0.4) is 0 Å². The van der Waals surface area contributed by atoms with Crippen molar-refractivity contribution in [2.24, 2.45) is 0 Å². The Morgan fingerprint density at radius 1 is 1.05 bits per heavy atom. The van der Waals surface area contributed by atoms with Crippen LogP contribution in [0.5, 0.6) is 11.5 Å². The fourth-order valence-electron chi connectivity index (χ4n) is 6.71. The molecule has 0 amide bonds. The second-order valence-electron chi connectivity index (χ2n) is 11.3. The minimum Gasteiger partial charge on any atom is -0.507 e. The van der Waals surface area contributed by atoms with E-state index in [-0.39, 0.29) is 52.3 Å². The van der Waals surface area contributed by atoms with Crippen molar-refractivity contribution in [1.29, 1.82) is 0 Å². The molecular weight excluding hydrogens is 518 g/mol. The fourth-order valence-corrected chi connectivity index (χ4v) is 6.71. The van der Waals surface area contributed by atoms with E-state index in [0.29, 0.717) is 39.1 Å². The second-order valence-corrected chi connectivity index (χ2v) is 11.3. The quantitative estimate of drug-likeness (QED) is 0.355. The zero-order valence-electron chi connectivity index (χ0n) is 22.6. The van der Waals surface area contributed by atoms with E-state index in [9.17, 15) is 30.0 Å². The largest absolute Gasteiger partial charge is 0.507 e. The van der Waals surface area contributed by atoms with Gasteiger partial charge in [-0.25, -0.2) is 0 Å². The van der Waals surface area contributed by atoms with Crippen LogP contribution >= 0.6 is 0 Å². The summed E-state index contributed by atoms with van der Waals surface area (Å²) in [5.74, 6) is -1.97. The zero-order valence-corrected chi connectivity index (χ0v) is 22.6. The van der Waals surface area contributed by atoms with Crippen LogP contribution in [0.1, 0.15) is 82.2 Å². The van der Waals surface area contributed by atoms with E-state index in [0.717, 1.165) is 0 Å². The summed E-state index contributed by atoms with van der Waals surface area (Å²) in [6.07, 6.45) is -2.29. The first-order chi connectivity index (χ1) is 19.1. The van der Waals surface area contributed by atoms with Crippen molar-refractivity contribution in [3.8, 4) is 11.5 Å². The van der Waals surface area contributed by atoms with Crippen molar-refractivity contribution in [3.63, 3.8) is 0 Å². The predicted molar refractivity (Wildman–Crippen MR) is 142 cm³/mol. The van der Waals surface area contributed by atoms with Crippen LogP contribution in [0.15, 0.2) is 24.3 Å². The molecule has 6 atom stereocenters. The molecule has 2 aromatic rings. The molecule has 2 aliphatic carbocycles. The molecule has 10 heteroatoms. The molecule has 2 saturated heterocycles. The van der Waals surface area contributed by atoms with Crippen LogP contribution in [-0.4, -0.2) is 93.3 Å². The molecule has 214 valence electrons. The maximum Gasteiger partial charge on any atom is 0.198 e. The Balaban J connectivity index is 1.40. The summed E-state index contributed by atoms with van der Waals surface area (Å²) in [7, 11) is 0. The molecule has 0 bridgehead atoms. The van der Waals surface area contributed by atoms with Gasteiger partial charge < -0.3 is 34.6 Å². The molecule has 2 fully saturated rings. The van der Waals surface area contributed by atoms with Gasteiger partial charge in [0.15, 0.2) is 17.9 Å². The van der Waals surface area contributed by atoms with Crippen LogP contribution < -0.4 is 0 Å². The topological polar surface area (TPSA) is 146 Å². The zero-order chi connectivity index (χ0) is 28.3. The third kappa shape index (κ3) is 4.34. The standard InChI is InChI=1S/C30H35NO9/c1-3-30(37)13-18-22(29(36)24-23(28(18)35)26(33)16-6-4-5-7-17(16)27(24)34)20(14-30)40-21-12-19(25(32)15(2)39-21)31-8-10-38-11-9-31/h4-7,15,19-21,25,32,35-37H,3,8-14H2,1-2H3/t15-,19+,20?,21+,25+,30?/m1/s1. The van der Waals surface area contributed by atoms with Crippen LogP contribution in [0.25, 0.3) is 0 Å². The van der Waals surface area contributed by atoms with Crippen LogP contribution in [0.2, 0.25) is 0 Å². The highest BCUT2D eigenvalue weighted by Crippen LogP contribution is 2.52. The predicted octanol–water partition coefficient (Wildman–Crippen LogP) is 2.21. The van der Waals surface area contributed by atoms with Crippen molar-refractivity contribution in [1.82, 2.24) is 4.90 Å². The van der Waals surface area contributed by atoms with Crippen LogP contribution in [-0.2, 0) is 20.6 Å². The number of rotatable bonds is 4. The minimum absolute atomic E-state index is 0.0223. The number of morpholine rings is 1. The number of phenols is 2. The molecule has 2 unspecified atom stereocenters. The molecule has 0 saturated carbocycles. The van der Waals surface area contributed by atoms with E-state index in [4.69, 9.17) is 14.2 Å². The summed E-state index contributed by atoms with van der Waals surface area (Å²) in [6.45, 7) is 6.05. The Kier molecular flexibility index (Phi) is 6.97. The molecule has 4 N–H and O–H groups in total. The first kappa shape index (κ1) is 27.3. The number of aromatic hydroxyl groups is 2. The van der Waals surface area contributed by atoms with Crippen molar-refractivity contribution < 1.29 is 44.2 Å². The van der Waals surface area contributed by atoms with Gasteiger partial charge in [0.2, 0.25) is 0 Å². The van der Waals surface area contributed by atoms with Gasteiger partial charge in [0, 0.05) is 60.6 Å². The van der Waals surface area contributed by atoms with Crippen molar-refractivity contribution in [3.05, 3.63) is 57.6 Å². The molecule has 0 spiro atoms. The monoisotopic (exact) mass is 553 g/mol. The second kappa shape index (κ2) is 10.2. The molecule has 10 nitrogen and oxygen atoms in total. The van der Waals surface area contributed by atoms with Gasteiger partial charge in [0.1, 0.15) is 11.5 Å². The summed E-state index contributed by atoms with van der Waals surface area (Å²) >= 11 is 0. The number of benzene rings is 2. The molecule has 0 radical (unpaired) electrons. The van der Waals surface area contributed by atoms with Gasteiger partial charge in [0.05, 0.1) is 48.3 Å². The van der Waals surface area contributed by atoms with E-state index in [1.54, 1.807) is 19.1 Å². The lowest BCUT2D eigenvalue weighted by Crippen LogP contribution is -2.57. The lowest BCUT2D eigenvalue weighted by Gasteiger charge is -2.46. The average Bonchev–Trinajstić information content (AvgIpc) is 2.95. The smallest absolute Gasteiger partial charge is 0.198 e. The SMILES string of the molecule is CCC1(O)Cc2c(O)c3c(c(O)c2C(O[C@H]2C[C@H](N4CCOCC4)[C@@H](O)[C@@H](C)O2)C1)C(=O)c1ccccc1C3=O. The lowest BCUT2D eigenvalue weighted by atomic mass is 9.72. The summed E-state index contributed by atoms with van der Waals surface area (Å²) in [5.41, 5.74) is -1.13. The Morgan fingerprint density at radius 2 is 1.68 bits per heavy atom. The normalized spacial score (nSPS) is 32.4. The van der Waals surface area contributed by atoms with Gasteiger partial charge in [-0.15, -0.1) is 0 Å². The fraction of sp³-hybridized carbons (Fsp3) is 0.533. The van der Waals surface area contributed by atoms with Gasteiger partial charge in [0.25, 0.3) is 0 Å². The number of carbonyl (C=O) groups is 2. The first-order valence-corrected chi connectivity index (χ1v) is 14.0. The van der Waals surface area contributed by atoms with E-state index in [2.05, 4.69) is 4.90 Å². The Bertz CT molecular complexity index is 1350. The van der Waals surface area contributed by atoms with Gasteiger partial charge in [-0.3, -0.25) is 14.5 Å². The number of hydrogen-bond donors (Lipinski definition) is 4. The molecule has 40 heavy (non-hydrogen) atoms. The number of aliphatic hydroxyl groups excluding tert-OH is 1. The summed E-state index contributed by atoms with van der Waals surface area (Å²) in [6, 6.07) is 6.07. The van der Waals surface area contributed by atoms with Crippen molar-refractivity contribution in [2.45, 2.75) is 75.8 Å². The van der Waals surface area contributed by atoms with Crippen LogP contribution in [0.4, 0.5) is 0 Å². The number of carbonyl (C=O) groups excluding carboxylic acids is 2. The Morgan fingerprint density at radius 3 is 2.30 bits per heavy atom. The highest BCUT2D eigenvalue weighted by Gasteiger charge is 2.47. The first-order valence-electron chi connectivity index (χ1n) is 14.0. The summed E-state index contributed by atoms with van der Waals surface area (Å²) in [4.78, 5) is 29.1. The van der Waals surface area contributed by atoms with Gasteiger partial charge in [-0.1, -0.05) is 31.2 Å². The third-order valence-electron chi connectivity index (χ3n) is 9.02. The van der Waals surface area contributed by atoms with E-state index in [1.807, 2.05) is 6.92 Å². The third-order valence-corrected chi connectivity index (χ3v) is 9.02. The summed E-state index contributed by atoms with van der Waals surface area (Å²) in [5, 5.41) is 45.3. The maximum absolute atomic E-state index is 13.5. The Labute approximate surface area is 232 Å². The highest BCUT2D eigenvalue weighted by molar-refractivity contribution is 6.30. The Hall–Kier alpha value is -2.86. The number of hydrogen-bond acceptors (Lipinski definition) is 10. The van der Waals surface area contributed by atoms with Crippen LogP contribution in [0, 0.1) is 0 Å². The number of phenolic OH excluding ortho intramolecular Hbond substituents is 2. The maximum atomic E-state index is 13.5. The lowest BCUT2D eigenvalue weighted by molar-refractivity contribution is -0.261. The molecule has 2 aliphatic heterocycles. The number of aliphatic hydroxyl groups is 2. The molecule has 0 aromatic heterocycles. The molecule has 4 aliphatic rings. The van der Waals surface area contributed by atoms with Crippen molar-refractivity contribution in [2.75, 3.05) is 26.3 Å². The van der Waals surface area contributed by atoms with E-state index in [1.165, 1.54) is 12.1 Å². The number of nitrogens with zero attached hydrogens (tertiary/aromatic N) is 1.